The normalized spacial score (nSPS) is 11.5. The van der Waals surface area contributed by atoms with Gasteiger partial charge in [-0.3, -0.25) is 10.2 Å². The fourth-order valence-corrected chi connectivity index (χ4v) is 0.932. The lowest BCUT2D eigenvalue weighted by Crippen LogP contribution is -2.12. The van der Waals surface area contributed by atoms with Crippen molar-refractivity contribution in [1.82, 2.24) is 0 Å². The summed E-state index contributed by atoms with van der Waals surface area (Å²) in [6.45, 7) is 3.61. The van der Waals surface area contributed by atoms with Gasteiger partial charge in [-0.1, -0.05) is 36.7 Å². The van der Waals surface area contributed by atoms with Crippen LogP contribution in [0.1, 0.15) is 13.8 Å². The molecule has 1 aromatic rings. The Hall–Kier alpha value is -1.62. The van der Waals surface area contributed by atoms with Crippen LogP contribution in [0, 0.1) is 11.7 Å². The van der Waals surface area contributed by atoms with Gasteiger partial charge in [0.05, 0.1) is 0 Å². The van der Waals surface area contributed by atoms with Gasteiger partial charge in [-0.15, -0.1) is 0 Å². The zero-order valence-corrected chi connectivity index (χ0v) is 10.2. The second-order valence-electron chi connectivity index (χ2n) is 3.58. The van der Waals surface area contributed by atoms with Crippen molar-refractivity contribution in [3.63, 3.8) is 0 Å². The van der Waals surface area contributed by atoms with Gasteiger partial charge in [-0.05, 0) is 18.2 Å². The van der Waals surface area contributed by atoms with Crippen LogP contribution in [0.4, 0.5) is 14.9 Å². The van der Waals surface area contributed by atoms with E-state index >= 15 is 0 Å². The summed E-state index contributed by atoms with van der Waals surface area (Å²) in [7, 11) is 0. The van der Waals surface area contributed by atoms with Gasteiger partial charge in [0.25, 0.3) is 0 Å². The molecule has 1 amide bonds. The molecular weight excluding hydrogens is 247 g/mol. The van der Waals surface area contributed by atoms with Crippen LogP contribution in [0.15, 0.2) is 29.4 Å². The molecule has 1 N–H and O–H groups in total. The third-order valence-electron chi connectivity index (χ3n) is 1.76. The van der Waals surface area contributed by atoms with Crippen molar-refractivity contribution in [1.29, 1.82) is 0 Å². The molecule has 0 heterocycles. The maximum absolute atomic E-state index is 12.8. The van der Waals surface area contributed by atoms with Gasteiger partial charge >= 0.3 is 6.09 Å². The largest absolute Gasteiger partial charge is 0.437 e. The Labute approximate surface area is 103 Å². The number of anilines is 1. The molecular formula is C11H12ClFN2O2. The predicted molar refractivity (Wildman–Crippen MR) is 64.6 cm³/mol. The average Bonchev–Trinajstić information content (AvgIpc) is 2.25. The summed E-state index contributed by atoms with van der Waals surface area (Å²) in [5, 5.41) is 5.91. The third kappa shape index (κ3) is 4.82. The second-order valence-corrected chi connectivity index (χ2v) is 3.97. The summed E-state index contributed by atoms with van der Waals surface area (Å²) in [6.07, 6.45) is -0.825. The first-order chi connectivity index (χ1) is 7.99. The van der Waals surface area contributed by atoms with E-state index in [1.165, 1.54) is 18.2 Å². The van der Waals surface area contributed by atoms with Crippen molar-refractivity contribution in [2.45, 2.75) is 13.8 Å². The summed E-state index contributed by atoms with van der Waals surface area (Å²) >= 11 is 5.67. The highest BCUT2D eigenvalue weighted by atomic mass is 35.5. The second kappa shape index (κ2) is 6.20. The van der Waals surface area contributed by atoms with Gasteiger partial charge < -0.3 is 0 Å². The highest BCUT2D eigenvalue weighted by molar-refractivity contribution is 6.65. The minimum atomic E-state index is -0.825. The molecule has 0 aliphatic carbocycles. The molecule has 6 heteroatoms. The van der Waals surface area contributed by atoms with Crippen LogP contribution in [0.5, 0.6) is 0 Å². The van der Waals surface area contributed by atoms with Crippen LogP contribution >= 0.6 is 11.6 Å². The zero-order valence-electron chi connectivity index (χ0n) is 9.41. The lowest BCUT2D eigenvalue weighted by Gasteiger charge is -2.04. The molecule has 0 aromatic heterocycles. The van der Waals surface area contributed by atoms with Crippen molar-refractivity contribution in [2.24, 2.45) is 11.1 Å². The molecule has 1 aromatic carbocycles. The number of carbonyl (C=O) groups excluding carboxylic acids is 1. The number of hydrogen-bond acceptors (Lipinski definition) is 3. The van der Waals surface area contributed by atoms with E-state index in [1.54, 1.807) is 13.8 Å². The molecule has 0 saturated heterocycles. The average molecular weight is 259 g/mol. The van der Waals surface area contributed by atoms with E-state index in [4.69, 9.17) is 11.6 Å². The molecule has 0 radical (unpaired) electrons. The maximum atomic E-state index is 12.8. The van der Waals surface area contributed by atoms with Crippen LogP contribution in [-0.4, -0.2) is 11.3 Å². The smallest absolute Gasteiger partial charge is 0.297 e. The Kier molecular flexibility index (Phi) is 4.90. The number of amides is 1. The number of halogens is 2. The fraction of sp³-hybridized carbons (Fsp3) is 0.273. The van der Waals surface area contributed by atoms with Gasteiger partial charge in [0.15, 0.2) is 0 Å². The van der Waals surface area contributed by atoms with Gasteiger partial charge in [0.2, 0.25) is 0 Å². The molecule has 0 spiro atoms. The summed E-state index contributed by atoms with van der Waals surface area (Å²) in [6, 6.07) is 5.42. The molecule has 0 aliphatic rings. The quantitative estimate of drug-likeness (QED) is 0.512. The third-order valence-corrected chi connectivity index (χ3v) is 2.27. The molecule has 0 atom stereocenters. The first-order valence-corrected chi connectivity index (χ1v) is 5.34. The van der Waals surface area contributed by atoms with E-state index in [2.05, 4.69) is 15.3 Å². The van der Waals surface area contributed by atoms with Gasteiger partial charge in [0.1, 0.15) is 11.0 Å². The highest BCUT2D eigenvalue weighted by Crippen LogP contribution is 2.09. The Balaban J connectivity index is 2.53. The Morgan fingerprint density at radius 3 is 2.82 bits per heavy atom. The van der Waals surface area contributed by atoms with Crippen molar-refractivity contribution in [3.05, 3.63) is 30.1 Å². The van der Waals surface area contributed by atoms with Gasteiger partial charge in [0, 0.05) is 11.6 Å². The van der Waals surface area contributed by atoms with E-state index in [0.29, 0.717) is 0 Å². The van der Waals surface area contributed by atoms with Crippen LogP contribution in [-0.2, 0) is 4.84 Å². The number of carbonyl (C=O) groups is 1. The number of oxime groups is 1. The van der Waals surface area contributed by atoms with Crippen LogP contribution in [0.2, 0.25) is 0 Å². The predicted octanol–water partition coefficient (Wildman–Crippen LogP) is 3.58. The first kappa shape index (κ1) is 13.4. The minimum Gasteiger partial charge on any atom is -0.297 e. The molecule has 4 nitrogen and oxygen atoms in total. The molecule has 1 rings (SSSR count). The highest BCUT2D eigenvalue weighted by Gasteiger charge is 2.06. The summed E-state index contributed by atoms with van der Waals surface area (Å²) < 4.78 is 12.8. The molecule has 17 heavy (non-hydrogen) atoms. The van der Waals surface area contributed by atoms with Crippen molar-refractivity contribution in [2.75, 3.05) is 5.32 Å². The van der Waals surface area contributed by atoms with Crippen molar-refractivity contribution in [3.8, 4) is 0 Å². The molecule has 92 valence electrons. The molecule has 0 saturated carbocycles. The van der Waals surface area contributed by atoms with E-state index in [-0.39, 0.29) is 16.8 Å². The topological polar surface area (TPSA) is 50.7 Å². The number of rotatable bonds is 3. The summed E-state index contributed by atoms with van der Waals surface area (Å²) in [5.74, 6) is -0.481. The van der Waals surface area contributed by atoms with Crippen molar-refractivity contribution >= 4 is 28.6 Å². The molecule has 0 fully saturated rings. The summed E-state index contributed by atoms with van der Waals surface area (Å²) in [5.41, 5.74) is 0.283. The monoisotopic (exact) mass is 258 g/mol. The SMILES string of the molecule is CC(C)/C(Cl)=N/OC(=O)Nc1cccc(F)c1. The molecule has 0 bridgehead atoms. The Bertz CT molecular complexity index is 435. The number of hydrogen-bond donors (Lipinski definition) is 1. The number of nitrogens with zero attached hydrogens (tertiary/aromatic N) is 1. The van der Waals surface area contributed by atoms with Gasteiger partial charge in [-0.2, -0.15) is 0 Å². The molecule has 0 unspecified atom stereocenters. The van der Waals surface area contributed by atoms with Crippen molar-refractivity contribution < 1.29 is 14.0 Å². The number of benzene rings is 1. The maximum Gasteiger partial charge on any atom is 0.437 e. The van der Waals surface area contributed by atoms with Crippen LogP contribution < -0.4 is 5.32 Å². The van der Waals surface area contributed by atoms with E-state index < -0.39 is 11.9 Å². The Morgan fingerprint density at radius 1 is 1.53 bits per heavy atom. The lowest BCUT2D eigenvalue weighted by atomic mass is 10.2. The fourth-order valence-electron chi connectivity index (χ4n) is 0.897. The number of nitrogens with one attached hydrogen (secondary N) is 1. The first-order valence-electron chi connectivity index (χ1n) is 4.96. The lowest BCUT2D eigenvalue weighted by molar-refractivity contribution is 0.166. The Morgan fingerprint density at radius 2 is 2.24 bits per heavy atom. The van der Waals surface area contributed by atoms with Gasteiger partial charge in [-0.25, -0.2) is 9.18 Å². The van der Waals surface area contributed by atoms with E-state index in [1.807, 2.05) is 0 Å². The minimum absolute atomic E-state index is 0.0290. The van der Waals surface area contributed by atoms with E-state index in [0.717, 1.165) is 6.07 Å². The standard InChI is InChI=1S/C11H12ClFN2O2/c1-7(2)10(12)15-17-11(16)14-9-5-3-4-8(13)6-9/h3-7H,1-2H3,(H,14,16)/b15-10-. The van der Waals surface area contributed by atoms with E-state index in [9.17, 15) is 9.18 Å². The van der Waals surface area contributed by atoms with Crippen LogP contribution in [0.3, 0.4) is 0 Å². The summed E-state index contributed by atoms with van der Waals surface area (Å²) in [4.78, 5) is 15.7. The zero-order chi connectivity index (χ0) is 12.8. The molecule has 0 aliphatic heterocycles. The van der Waals surface area contributed by atoms with Crippen LogP contribution in [0.25, 0.3) is 0 Å².